The van der Waals surface area contributed by atoms with Gasteiger partial charge < -0.3 is 10.6 Å². The van der Waals surface area contributed by atoms with Crippen molar-refractivity contribution in [1.82, 2.24) is 0 Å². The van der Waals surface area contributed by atoms with Crippen LogP contribution in [0.15, 0.2) is 42.5 Å². The second-order valence-corrected chi connectivity index (χ2v) is 5.33. The van der Waals surface area contributed by atoms with Crippen LogP contribution < -0.4 is 10.6 Å². The first-order valence-corrected chi connectivity index (χ1v) is 7.09. The van der Waals surface area contributed by atoms with Crippen molar-refractivity contribution in [2.24, 2.45) is 5.73 Å². The van der Waals surface area contributed by atoms with Crippen LogP contribution in [-0.2, 0) is 4.79 Å². The zero-order valence-electron chi connectivity index (χ0n) is 12.1. The van der Waals surface area contributed by atoms with Crippen LogP contribution in [0, 0.1) is 15.9 Å². The van der Waals surface area contributed by atoms with Crippen molar-refractivity contribution < 1.29 is 14.1 Å². The minimum Gasteiger partial charge on any atom is -0.320 e. The number of nitrogens with two attached hydrogens (primary N) is 1. The molecular weight excluding hydrogens is 301 g/mol. The number of nitrogens with zero attached hydrogens (tertiary/aromatic N) is 2. The molecule has 1 aliphatic heterocycles. The van der Waals surface area contributed by atoms with Crippen molar-refractivity contribution in [3.63, 3.8) is 0 Å². The molecule has 1 amide bonds. The van der Waals surface area contributed by atoms with E-state index in [9.17, 15) is 19.3 Å². The Kier molecular flexibility index (Phi) is 3.79. The number of para-hydroxylation sites is 1. The molecule has 0 aromatic heterocycles. The molecule has 2 aromatic rings. The molecule has 1 heterocycles. The number of amides is 1. The molecular formula is C16H14FN3O3. The number of hydrogen-bond donors (Lipinski definition) is 1. The van der Waals surface area contributed by atoms with Crippen molar-refractivity contribution in [2.75, 3.05) is 11.4 Å². The molecule has 0 unspecified atom stereocenters. The van der Waals surface area contributed by atoms with Crippen LogP contribution in [0.3, 0.4) is 0 Å². The smallest absolute Gasteiger partial charge is 0.277 e. The fourth-order valence-electron chi connectivity index (χ4n) is 2.71. The van der Waals surface area contributed by atoms with Gasteiger partial charge in [-0.15, -0.1) is 0 Å². The molecule has 1 atom stereocenters. The van der Waals surface area contributed by atoms with E-state index in [-0.39, 0.29) is 17.3 Å². The van der Waals surface area contributed by atoms with Crippen LogP contribution in [0.4, 0.5) is 15.8 Å². The van der Waals surface area contributed by atoms with Gasteiger partial charge in [0, 0.05) is 12.6 Å². The number of rotatable bonds is 3. The number of nitro groups is 1. The topological polar surface area (TPSA) is 89.5 Å². The maximum absolute atomic E-state index is 14.4. The Labute approximate surface area is 131 Å². The predicted octanol–water partition coefficient (Wildman–Crippen LogP) is 2.46. The van der Waals surface area contributed by atoms with Crippen molar-refractivity contribution in [3.8, 4) is 11.1 Å². The minimum atomic E-state index is -0.608. The highest BCUT2D eigenvalue weighted by atomic mass is 19.1. The van der Waals surface area contributed by atoms with E-state index in [1.807, 2.05) is 0 Å². The first-order chi connectivity index (χ1) is 11.0. The van der Waals surface area contributed by atoms with Gasteiger partial charge in [-0.25, -0.2) is 4.39 Å². The van der Waals surface area contributed by atoms with Gasteiger partial charge in [0.25, 0.3) is 5.69 Å². The van der Waals surface area contributed by atoms with Crippen LogP contribution >= 0.6 is 0 Å². The molecule has 1 saturated heterocycles. The summed E-state index contributed by atoms with van der Waals surface area (Å²) in [6.45, 7) is 0.363. The number of carbonyl (C=O) groups excluding carboxylic acids is 1. The van der Waals surface area contributed by atoms with E-state index in [1.165, 1.54) is 23.1 Å². The number of nitro benzene ring substituents is 1. The summed E-state index contributed by atoms with van der Waals surface area (Å²) in [6.07, 6.45) is 0.476. The van der Waals surface area contributed by atoms with E-state index < -0.39 is 16.8 Å². The van der Waals surface area contributed by atoms with E-state index in [0.29, 0.717) is 24.1 Å². The maximum Gasteiger partial charge on any atom is 0.277 e. The van der Waals surface area contributed by atoms with E-state index in [0.717, 1.165) is 0 Å². The highest BCUT2D eigenvalue weighted by Crippen LogP contribution is 2.33. The summed E-state index contributed by atoms with van der Waals surface area (Å²) in [4.78, 5) is 23.8. The zero-order valence-corrected chi connectivity index (χ0v) is 12.1. The Morgan fingerprint density at radius 3 is 2.61 bits per heavy atom. The van der Waals surface area contributed by atoms with E-state index in [1.54, 1.807) is 24.3 Å². The first kappa shape index (κ1) is 15.1. The third-order valence-corrected chi connectivity index (χ3v) is 3.90. The molecule has 2 aromatic carbocycles. The average Bonchev–Trinajstić information content (AvgIpc) is 2.87. The monoisotopic (exact) mass is 315 g/mol. The lowest BCUT2D eigenvalue weighted by molar-refractivity contribution is -0.384. The number of hydrogen-bond acceptors (Lipinski definition) is 4. The summed E-state index contributed by atoms with van der Waals surface area (Å²) in [7, 11) is 0. The van der Waals surface area contributed by atoms with E-state index in [4.69, 9.17) is 5.73 Å². The summed E-state index contributed by atoms with van der Waals surface area (Å²) in [5.41, 5.74) is 6.40. The second-order valence-electron chi connectivity index (χ2n) is 5.33. The Hall–Kier alpha value is -2.80. The van der Waals surface area contributed by atoms with Crippen molar-refractivity contribution >= 4 is 17.3 Å². The first-order valence-electron chi connectivity index (χ1n) is 7.09. The van der Waals surface area contributed by atoms with Gasteiger partial charge in [0.2, 0.25) is 5.91 Å². The summed E-state index contributed by atoms with van der Waals surface area (Å²) in [5.74, 6) is -0.926. The van der Waals surface area contributed by atoms with Crippen LogP contribution in [0.25, 0.3) is 11.1 Å². The Bertz CT molecular complexity index is 794. The standard InChI is InChI=1S/C16H14FN3O3/c17-12-9-10(11-3-1-2-4-14(11)20(22)23)5-6-15(12)19-8-7-13(18)16(19)21/h1-6,9,13H,7-8,18H2/t13-/m0/s1. The lowest BCUT2D eigenvalue weighted by Gasteiger charge is -2.17. The molecule has 6 nitrogen and oxygen atoms in total. The summed E-state index contributed by atoms with van der Waals surface area (Å²) < 4.78 is 14.4. The van der Waals surface area contributed by atoms with Gasteiger partial charge in [0.15, 0.2) is 0 Å². The predicted molar refractivity (Wildman–Crippen MR) is 83.4 cm³/mol. The maximum atomic E-state index is 14.4. The van der Waals surface area contributed by atoms with Crippen LogP contribution in [-0.4, -0.2) is 23.4 Å². The Morgan fingerprint density at radius 2 is 2.00 bits per heavy atom. The Balaban J connectivity index is 2.01. The van der Waals surface area contributed by atoms with Crippen molar-refractivity contribution in [1.29, 1.82) is 0 Å². The summed E-state index contributed by atoms with van der Waals surface area (Å²) in [5, 5.41) is 11.1. The highest BCUT2D eigenvalue weighted by molar-refractivity contribution is 5.99. The largest absolute Gasteiger partial charge is 0.320 e. The summed E-state index contributed by atoms with van der Waals surface area (Å²) in [6, 6.07) is 9.75. The highest BCUT2D eigenvalue weighted by Gasteiger charge is 2.31. The van der Waals surface area contributed by atoms with Crippen molar-refractivity contribution in [2.45, 2.75) is 12.5 Å². The van der Waals surface area contributed by atoms with Gasteiger partial charge in [0.1, 0.15) is 5.82 Å². The number of carbonyl (C=O) groups is 1. The molecule has 0 bridgehead atoms. The minimum absolute atomic E-state index is 0.0982. The number of anilines is 1. The summed E-state index contributed by atoms with van der Waals surface area (Å²) >= 11 is 0. The van der Waals surface area contributed by atoms with Crippen LogP contribution in [0.2, 0.25) is 0 Å². The van der Waals surface area contributed by atoms with Gasteiger partial charge in [-0.1, -0.05) is 18.2 Å². The van der Waals surface area contributed by atoms with E-state index in [2.05, 4.69) is 0 Å². The molecule has 7 heteroatoms. The molecule has 1 fully saturated rings. The van der Waals surface area contributed by atoms with Gasteiger partial charge >= 0.3 is 0 Å². The molecule has 0 saturated carbocycles. The van der Waals surface area contributed by atoms with Gasteiger partial charge in [-0.05, 0) is 30.2 Å². The van der Waals surface area contributed by atoms with Gasteiger partial charge in [0.05, 0.1) is 22.2 Å². The lowest BCUT2D eigenvalue weighted by Crippen LogP contribution is -2.34. The van der Waals surface area contributed by atoms with Gasteiger partial charge in [-0.2, -0.15) is 0 Å². The van der Waals surface area contributed by atoms with Crippen LogP contribution in [0.5, 0.6) is 0 Å². The molecule has 3 rings (SSSR count). The van der Waals surface area contributed by atoms with Gasteiger partial charge in [-0.3, -0.25) is 14.9 Å². The molecule has 2 N–H and O–H groups in total. The molecule has 23 heavy (non-hydrogen) atoms. The quantitative estimate of drug-likeness (QED) is 0.696. The normalized spacial score (nSPS) is 17.6. The fraction of sp³-hybridized carbons (Fsp3) is 0.188. The second kappa shape index (κ2) is 5.77. The third-order valence-electron chi connectivity index (χ3n) is 3.90. The molecule has 0 aliphatic carbocycles. The molecule has 0 spiro atoms. The fourth-order valence-corrected chi connectivity index (χ4v) is 2.71. The molecule has 1 aliphatic rings. The number of benzene rings is 2. The zero-order chi connectivity index (χ0) is 16.6. The van der Waals surface area contributed by atoms with Crippen molar-refractivity contribution in [3.05, 3.63) is 58.4 Å². The molecule has 0 radical (unpaired) electrons. The van der Waals surface area contributed by atoms with Crippen LogP contribution in [0.1, 0.15) is 6.42 Å². The molecule has 118 valence electrons. The Morgan fingerprint density at radius 1 is 1.26 bits per heavy atom. The average molecular weight is 315 g/mol. The number of halogens is 1. The SMILES string of the molecule is N[C@H]1CCN(c2ccc(-c3ccccc3[N+](=O)[O-])cc2F)C1=O. The lowest BCUT2D eigenvalue weighted by atomic mass is 10.0. The third kappa shape index (κ3) is 2.66. The van der Waals surface area contributed by atoms with E-state index >= 15 is 0 Å².